The SMILES string of the molecule is C1CCCC1.COC1=C(c2cc(C(=O)Nc3nc4ccc(C(C)C)cc4n3C)cc(C)n2)C(C(F)F)=[N+](C)CC1. The van der Waals surface area contributed by atoms with Gasteiger partial charge in [-0.25, -0.2) is 9.56 Å². The summed E-state index contributed by atoms with van der Waals surface area (Å²) < 4.78 is 36.8. The number of amides is 1. The molecule has 0 radical (unpaired) electrons. The number of aromatic nitrogens is 3. The predicted octanol–water partition coefficient (Wildman–Crippen LogP) is 6.71. The standard InChI is InChI=1S/C26H29F2N5O2.C5H10/c1-14(2)16-7-8-18-20(13-16)33(5)26(30-18)31-25(34)17-11-15(3)29-19(12-17)22-21(35-6)9-10-32(4)23(22)24(27)28;1-2-4-5-3-1/h7-8,11-14,24H,9-10H2,1-6H3;1-5H2/p+1. The molecule has 3 aromatic rings. The Balaban J connectivity index is 0.000000666. The zero-order valence-electron chi connectivity index (χ0n) is 24.4. The van der Waals surface area contributed by atoms with Crippen LogP contribution in [0.1, 0.15) is 85.6 Å². The summed E-state index contributed by atoms with van der Waals surface area (Å²) in [4.78, 5) is 22.3. The van der Waals surface area contributed by atoms with Crippen LogP contribution in [0.3, 0.4) is 0 Å². The van der Waals surface area contributed by atoms with Crippen LogP contribution in [-0.4, -0.2) is 57.9 Å². The predicted molar refractivity (Wildman–Crippen MR) is 155 cm³/mol. The zero-order valence-corrected chi connectivity index (χ0v) is 24.4. The molecule has 1 amide bonds. The van der Waals surface area contributed by atoms with Gasteiger partial charge in [-0.15, -0.1) is 0 Å². The van der Waals surface area contributed by atoms with Crippen molar-refractivity contribution in [2.45, 2.75) is 71.6 Å². The van der Waals surface area contributed by atoms with E-state index < -0.39 is 12.3 Å². The first-order valence-electron chi connectivity index (χ1n) is 14.0. The van der Waals surface area contributed by atoms with Gasteiger partial charge in [-0.1, -0.05) is 52.0 Å². The fourth-order valence-electron chi connectivity index (χ4n) is 5.27. The Morgan fingerprint density at radius 2 is 1.75 bits per heavy atom. The van der Waals surface area contributed by atoms with E-state index >= 15 is 0 Å². The van der Waals surface area contributed by atoms with Crippen LogP contribution in [0.15, 0.2) is 36.1 Å². The van der Waals surface area contributed by atoms with Crippen molar-refractivity contribution in [1.82, 2.24) is 14.5 Å². The maximum absolute atomic E-state index is 14.0. The number of allylic oxidation sites excluding steroid dienone is 1. The van der Waals surface area contributed by atoms with E-state index in [1.165, 1.54) is 55.4 Å². The van der Waals surface area contributed by atoms with Crippen molar-refractivity contribution in [3.05, 3.63) is 58.6 Å². The maximum atomic E-state index is 14.0. The molecule has 0 spiro atoms. The second-order valence-corrected chi connectivity index (χ2v) is 10.9. The van der Waals surface area contributed by atoms with E-state index in [4.69, 9.17) is 4.74 Å². The normalized spacial score (nSPS) is 15.7. The van der Waals surface area contributed by atoms with Crippen molar-refractivity contribution >= 4 is 34.2 Å². The number of carbonyl (C=O) groups excluding carboxylic acids is 1. The summed E-state index contributed by atoms with van der Waals surface area (Å²) >= 11 is 0. The van der Waals surface area contributed by atoms with Gasteiger partial charge in [0.1, 0.15) is 24.9 Å². The number of halogens is 2. The highest BCUT2D eigenvalue weighted by Crippen LogP contribution is 2.29. The highest BCUT2D eigenvalue weighted by Gasteiger charge is 2.36. The molecule has 2 aromatic heterocycles. The van der Waals surface area contributed by atoms with E-state index in [0.717, 1.165) is 11.0 Å². The highest BCUT2D eigenvalue weighted by atomic mass is 19.3. The monoisotopic (exact) mass is 552 g/mol. The van der Waals surface area contributed by atoms with Gasteiger partial charge in [0.05, 0.1) is 30.3 Å². The number of ether oxygens (including phenoxy) is 1. The van der Waals surface area contributed by atoms with Crippen molar-refractivity contribution in [2.75, 3.05) is 26.0 Å². The van der Waals surface area contributed by atoms with Gasteiger partial charge in [0.2, 0.25) is 5.95 Å². The molecular formula is C31H40F2N5O2+. The van der Waals surface area contributed by atoms with Gasteiger partial charge in [0.15, 0.2) is 0 Å². The van der Waals surface area contributed by atoms with Gasteiger partial charge in [-0.05, 0) is 42.7 Å². The molecule has 5 rings (SSSR count). The average molecular weight is 553 g/mol. The lowest BCUT2D eigenvalue weighted by atomic mass is 9.98. The van der Waals surface area contributed by atoms with E-state index in [0.29, 0.717) is 41.8 Å². The molecule has 7 nitrogen and oxygen atoms in total. The number of hydrogen-bond donors (Lipinski definition) is 1. The summed E-state index contributed by atoms with van der Waals surface area (Å²) in [6.45, 7) is 6.38. The van der Waals surface area contributed by atoms with E-state index in [1.807, 2.05) is 23.7 Å². The smallest absolute Gasteiger partial charge is 0.321 e. The number of anilines is 1. The minimum Gasteiger partial charge on any atom is -0.500 e. The minimum atomic E-state index is -2.71. The lowest BCUT2D eigenvalue weighted by Crippen LogP contribution is -2.32. The number of imidazole rings is 1. The van der Waals surface area contributed by atoms with Crippen molar-refractivity contribution < 1.29 is 22.9 Å². The van der Waals surface area contributed by atoms with E-state index in [9.17, 15) is 13.6 Å². The number of aryl methyl sites for hydroxylation is 2. The van der Waals surface area contributed by atoms with Crippen molar-refractivity contribution in [1.29, 1.82) is 0 Å². The number of rotatable bonds is 6. The molecule has 9 heteroatoms. The van der Waals surface area contributed by atoms with Crippen LogP contribution >= 0.6 is 0 Å². The number of carbonyl (C=O) groups is 1. The van der Waals surface area contributed by atoms with Gasteiger partial charge in [0, 0.05) is 18.3 Å². The molecule has 1 saturated carbocycles. The molecule has 1 aromatic carbocycles. The number of hydrogen-bond acceptors (Lipinski definition) is 4. The first-order valence-corrected chi connectivity index (χ1v) is 14.0. The first kappa shape index (κ1) is 29.4. The van der Waals surface area contributed by atoms with E-state index in [-0.39, 0.29) is 17.0 Å². The largest absolute Gasteiger partial charge is 0.500 e. The van der Waals surface area contributed by atoms with Gasteiger partial charge in [-0.3, -0.25) is 15.1 Å². The Morgan fingerprint density at radius 1 is 1.07 bits per heavy atom. The number of nitrogens with zero attached hydrogens (tertiary/aromatic N) is 4. The summed E-state index contributed by atoms with van der Waals surface area (Å²) in [6.07, 6.45) is 5.25. The van der Waals surface area contributed by atoms with Gasteiger partial charge < -0.3 is 9.30 Å². The molecule has 1 aliphatic heterocycles. The molecule has 214 valence electrons. The third kappa shape index (κ3) is 6.40. The second kappa shape index (κ2) is 12.7. The van der Waals surface area contributed by atoms with Gasteiger partial charge >= 0.3 is 6.43 Å². The number of pyridine rings is 1. The van der Waals surface area contributed by atoms with Crippen LogP contribution in [0.4, 0.5) is 14.7 Å². The Morgan fingerprint density at radius 3 is 2.35 bits per heavy atom. The first-order chi connectivity index (χ1) is 19.1. The summed E-state index contributed by atoms with van der Waals surface area (Å²) in [6, 6.07) is 9.19. The third-order valence-electron chi connectivity index (χ3n) is 7.59. The molecule has 40 heavy (non-hydrogen) atoms. The summed E-state index contributed by atoms with van der Waals surface area (Å²) in [5, 5.41) is 2.86. The van der Waals surface area contributed by atoms with Crippen molar-refractivity contribution in [3.8, 4) is 0 Å². The Bertz CT molecular complexity index is 1440. The number of fused-ring (bicyclic) bond motifs is 1. The third-order valence-corrected chi connectivity index (χ3v) is 7.59. The van der Waals surface area contributed by atoms with E-state index in [2.05, 4.69) is 35.2 Å². The molecule has 0 unspecified atom stereocenters. The number of methoxy groups -OCH3 is 1. The Kier molecular flexibility index (Phi) is 9.32. The van der Waals surface area contributed by atoms with Crippen molar-refractivity contribution in [2.24, 2.45) is 7.05 Å². The molecule has 0 bridgehead atoms. The Labute approximate surface area is 235 Å². The number of benzene rings is 1. The molecule has 1 aliphatic carbocycles. The minimum absolute atomic E-state index is 0.158. The molecular weight excluding hydrogens is 512 g/mol. The van der Waals surface area contributed by atoms with Crippen LogP contribution in [0.25, 0.3) is 16.6 Å². The lowest BCUT2D eigenvalue weighted by Gasteiger charge is -2.19. The van der Waals surface area contributed by atoms with Crippen LogP contribution < -0.4 is 5.32 Å². The van der Waals surface area contributed by atoms with Gasteiger partial charge in [0.25, 0.3) is 11.6 Å². The van der Waals surface area contributed by atoms with Crippen molar-refractivity contribution in [3.63, 3.8) is 0 Å². The maximum Gasteiger partial charge on any atom is 0.321 e. The molecule has 0 saturated heterocycles. The fourth-order valence-corrected chi connectivity index (χ4v) is 5.27. The Hall–Kier alpha value is -3.62. The molecule has 3 heterocycles. The van der Waals surface area contributed by atoms with Gasteiger partial charge in [-0.2, -0.15) is 8.78 Å². The molecule has 0 atom stereocenters. The highest BCUT2D eigenvalue weighted by molar-refractivity contribution is 6.23. The average Bonchev–Trinajstić information content (AvgIpc) is 3.60. The summed E-state index contributed by atoms with van der Waals surface area (Å²) in [7, 11) is 4.92. The van der Waals surface area contributed by atoms with Crippen LogP contribution in [0, 0.1) is 6.92 Å². The van der Waals surface area contributed by atoms with Crippen LogP contribution in [0.2, 0.25) is 0 Å². The number of alkyl halides is 2. The fraction of sp³-hybridized carbons (Fsp3) is 0.484. The lowest BCUT2D eigenvalue weighted by molar-refractivity contribution is -0.500. The quantitative estimate of drug-likeness (QED) is 0.345. The molecule has 2 aliphatic rings. The van der Waals surface area contributed by atoms with E-state index in [1.54, 1.807) is 20.0 Å². The molecule has 1 fully saturated rings. The number of nitrogens with one attached hydrogen (secondary N) is 1. The molecule has 1 N–H and O–H groups in total. The zero-order chi connectivity index (χ0) is 29.0. The summed E-state index contributed by atoms with van der Waals surface area (Å²) in [5.41, 5.74) is 4.05. The van der Waals surface area contributed by atoms with Crippen LogP contribution in [0.5, 0.6) is 0 Å². The second-order valence-electron chi connectivity index (χ2n) is 10.9. The summed E-state index contributed by atoms with van der Waals surface area (Å²) in [5.74, 6) is 0.794. The topological polar surface area (TPSA) is 72.0 Å². The van der Waals surface area contributed by atoms with Crippen LogP contribution in [-0.2, 0) is 11.8 Å².